The van der Waals surface area contributed by atoms with Crippen LogP contribution < -0.4 is 11.1 Å². The zero-order valence-electron chi connectivity index (χ0n) is 23.5. The molecule has 1 fully saturated rings. The van der Waals surface area contributed by atoms with E-state index in [1.807, 2.05) is 69.3 Å². The third-order valence-electron chi connectivity index (χ3n) is 7.13. The average Bonchev–Trinajstić information content (AvgIpc) is 3.72. The fourth-order valence-electron chi connectivity index (χ4n) is 4.76. The Kier molecular flexibility index (Phi) is 9.20. The van der Waals surface area contributed by atoms with E-state index >= 15 is 0 Å². The normalized spacial score (nSPS) is 14.3. The summed E-state index contributed by atoms with van der Waals surface area (Å²) in [6.07, 6.45) is 2.46. The molecule has 6 rings (SSSR count). The Hall–Kier alpha value is -3.90. The number of nitrogen functional groups attached to an aromatic ring is 1. The predicted molar refractivity (Wildman–Crippen MR) is 160 cm³/mol. The van der Waals surface area contributed by atoms with E-state index in [-0.39, 0.29) is 18.4 Å². The van der Waals surface area contributed by atoms with Gasteiger partial charge in [-0.3, -0.25) is 14.2 Å². The second kappa shape index (κ2) is 12.8. The molecule has 1 aliphatic carbocycles. The maximum absolute atomic E-state index is 13.0. The van der Waals surface area contributed by atoms with Crippen molar-refractivity contribution in [1.82, 2.24) is 14.8 Å². The third kappa shape index (κ3) is 6.76. The number of carbonyl (C=O) groups excluding carboxylic acids is 2. The van der Waals surface area contributed by atoms with Crippen LogP contribution in [0, 0.1) is 13.8 Å². The second-order valence-corrected chi connectivity index (χ2v) is 10.1. The number of benzene rings is 3. The van der Waals surface area contributed by atoms with Crippen molar-refractivity contribution in [2.75, 3.05) is 25.4 Å². The number of aromatic nitrogens is 1. The molecule has 3 N–H and O–H groups in total. The van der Waals surface area contributed by atoms with Crippen molar-refractivity contribution >= 4 is 28.4 Å². The number of nitrogens with zero attached hydrogens (tertiary/aromatic N) is 2. The minimum absolute atomic E-state index is 0.0509. The van der Waals surface area contributed by atoms with Crippen LogP contribution in [0.25, 0.3) is 10.9 Å². The van der Waals surface area contributed by atoms with E-state index in [1.165, 1.54) is 24.0 Å². The highest BCUT2D eigenvalue weighted by Gasteiger charge is 2.32. The molecule has 6 nitrogen and oxygen atoms in total. The molecule has 4 aromatic rings. The number of hydrogen-bond acceptors (Lipinski definition) is 4. The monoisotopic (exact) mass is 524 g/mol. The molecule has 0 unspecified atom stereocenters. The van der Waals surface area contributed by atoms with Crippen LogP contribution in [0.1, 0.15) is 70.1 Å². The molecule has 1 amide bonds. The van der Waals surface area contributed by atoms with Crippen molar-refractivity contribution in [3.63, 3.8) is 0 Å². The van der Waals surface area contributed by atoms with Crippen LogP contribution in [0.5, 0.6) is 0 Å². The molecule has 0 spiro atoms. The molecule has 2 aliphatic rings. The number of fused-ring (bicyclic) bond motifs is 3. The Morgan fingerprint density at radius 2 is 1.67 bits per heavy atom. The molecule has 1 aromatic heterocycles. The zero-order valence-corrected chi connectivity index (χ0v) is 23.5. The highest BCUT2D eigenvalue weighted by Crippen LogP contribution is 2.41. The summed E-state index contributed by atoms with van der Waals surface area (Å²) >= 11 is 0. The summed E-state index contributed by atoms with van der Waals surface area (Å²) in [6.45, 7) is 9.95. The van der Waals surface area contributed by atoms with Gasteiger partial charge in [0.05, 0.1) is 5.52 Å². The maximum Gasteiger partial charge on any atom is 0.271 e. The summed E-state index contributed by atoms with van der Waals surface area (Å²) in [5.41, 5.74) is 12.8. The van der Waals surface area contributed by atoms with Crippen molar-refractivity contribution in [2.24, 2.45) is 0 Å². The first-order chi connectivity index (χ1) is 18.9. The van der Waals surface area contributed by atoms with Gasteiger partial charge < -0.3 is 16.0 Å². The molecule has 1 saturated carbocycles. The van der Waals surface area contributed by atoms with Gasteiger partial charge in [0, 0.05) is 30.7 Å². The number of nitrogens with two attached hydrogens (primary N) is 1. The van der Waals surface area contributed by atoms with Gasteiger partial charge in [-0.1, -0.05) is 67.9 Å². The van der Waals surface area contributed by atoms with Gasteiger partial charge >= 0.3 is 0 Å². The minimum Gasteiger partial charge on any atom is -0.399 e. The molecule has 0 radical (unpaired) electrons. The van der Waals surface area contributed by atoms with E-state index in [0.29, 0.717) is 31.2 Å². The first-order valence-electron chi connectivity index (χ1n) is 14.0. The van der Waals surface area contributed by atoms with Gasteiger partial charge in [-0.2, -0.15) is 0 Å². The Balaban J connectivity index is 0.000000338. The second-order valence-electron chi connectivity index (χ2n) is 10.1. The predicted octanol–water partition coefficient (Wildman–Crippen LogP) is 6.32. The highest BCUT2D eigenvalue weighted by molar-refractivity contribution is 6.09. The number of anilines is 1. The number of amides is 1. The molecule has 0 saturated heterocycles. The third-order valence-corrected chi connectivity index (χ3v) is 7.13. The van der Waals surface area contributed by atoms with E-state index in [0.717, 1.165) is 27.7 Å². The molecule has 3 aromatic carbocycles. The summed E-state index contributed by atoms with van der Waals surface area (Å²) < 4.78 is 1.59. The number of rotatable bonds is 6. The molecule has 39 heavy (non-hydrogen) atoms. The maximum atomic E-state index is 13.0. The first-order valence-corrected chi connectivity index (χ1v) is 14.0. The molecular weight excluding hydrogens is 484 g/mol. The minimum atomic E-state index is -0.0832. The van der Waals surface area contributed by atoms with Crippen LogP contribution in [-0.2, 0) is 6.54 Å². The molecule has 0 bridgehead atoms. The Labute approximate surface area is 231 Å². The average molecular weight is 525 g/mol. The van der Waals surface area contributed by atoms with Crippen molar-refractivity contribution < 1.29 is 9.59 Å². The summed E-state index contributed by atoms with van der Waals surface area (Å²) in [5, 5.41) is 4.32. The van der Waals surface area contributed by atoms with Crippen LogP contribution >= 0.6 is 0 Å². The number of aryl methyl sites for hydroxylation is 2. The molecule has 0 atom stereocenters. The number of carbonyl (C=O) groups is 2. The van der Waals surface area contributed by atoms with Crippen molar-refractivity contribution in [3.05, 3.63) is 101 Å². The molecule has 2 heterocycles. The molecule has 6 heteroatoms. The lowest BCUT2D eigenvalue weighted by atomic mass is 10.1. The molecule has 204 valence electrons. The van der Waals surface area contributed by atoms with Crippen LogP contribution in [0.3, 0.4) is 0 Å². The lowest BCUT2D eigenvalue weighted by molar-refractivity contribution is 0.0625. The highest BCUT2D eigenvalue weighted by atomic mass is 16.2. The van der Waals surface area contributed by atoms with Gasteiger partial charge in [0.1, 0.15) is 12.2 Å². The van der Waals surface area contributed by atoms with Crippen LogP contribution in [0.2, 0.25) is 0 Å². The summed E-state index contributed by atoms with van der Waals surface area (Å²) in [7, 11) is 0. The van der Waals surface area contributed by atoms with Crippen LogP contribution in [0.15, 0.2) is 72.8 Å². The quantitative estimate of drug-likeness (QED) is 0.229. The topological polar surface area (TPSA) is 80.4 Å². The van der Waals surface area contributed by atoms with Crippen LogP contribution in [-0.4, -0.2) is 40.9 Å². The Bertz CT molecular complexity index is 1440. The summed E-state index contributed by atoms with van der Waals surface area (Å²) in [6, 6.07) is 24.4. The zero-order chi connectivity index (χ0) is 27.9. The van der Waals surface area contributed by atoms with Crippen molar-refractivity contribution in [2.45, 2.75) is 53.0 Å². The number of nitrogens with one attached hydrogen (secondary N) is 1. The van der Waals surface area contributed by atoms with Gasteiger partial charge in [-0.15, -0.1) is 0 Å². The van der Waals surface area contributed by atoms with Gasteiger partial charge in [-0.25, -0.2) is 0 Å². The SMILES string of the molecule is CC.Cc1ccc(CNCCN2CC(=O)n3c(cc4cc(C5CC5)ccc43)C2=O)cc1N.Cc1ccccc1. The van der Waals surface area contributed by atoms with Gasteiger partial charge in [0.2, 0.25) is 0 Å². The van der Waals surface area contributed by atoms with Gasteiger partial charge in [-0.05, 0) is 73.6 Å². The Morgan fingerprint density at radius 3 is 2.31 bits per heavy atom. The fraction of sp³-hybridized carbons (Fsp3) is 0.333. The summed E-state index contributed by atoms with van der Waals surface area (Å²) in [5.74, 6) is 0.509. The van der Waals surface area contributed by atoms with Gasteiger partial charge in [0.25, 0.3) is 11.8 Å². The van der Waals surface area contributed by atoms with E-state index in [2.05, 4.69) is 36.5 Å². The van der Waals surface area contributed by atoms with Crippen LogP contribution in [0.4, 0.5) is 5.69 Å². The van der Waals surface area contributed by atoms with E-state index in [1.54, 1.807) is 9.47 Å². The van der Waals surface area contributed by atoms with Crippen molar-refractivity contribution in [1.29, 1.82) is 0 Å². The summed E-state index contributed by atoms with van der Waals surface area (Å²) in [4.78, 5) is 27.5. The van der Waals surface area contributed by atoms with E-state index < -0.39 is 0 Å². The Morgan fingerprint density at radius 1 is 0.923 bits per heavy atom. The van der Waals surface area contributed by atoms with Gasteiger partial charge in [0.15, 0.2) is 0 Å². The van der Waals surface area contributed by atoms with E-state index in [4.69, 9.17) is 5.73 Å². The van der Waals surface area contributed by atoms with Crippen molar-refractivity contribution in [3.8, 4) is 0 Å². The molecule has 1 aliphatic heterocycles. The van der Waals surface area contributed by atoms with E-state index in [9.17, 15) is 9.59 Å². The lowest BCUT2D eigenvalue weighted by Crippen LogP contribution is -2.46. The fourth-order valence-corrected chi connectivity index (χ4v) is 4.76. The smallest absolute Gasteiger partial charge is 0.271 e. The standard InChI is InChI=1S/C24H26N4O2.C7H8.C2H6/c1-15-2-3-16(10-20(15)25)13-26-8-9-27-14-23(29)28-21-7-6-18(17-4-5-17)11-19(21)12-22(28)24(27)30;1-7-5-3-2-4-6-7;1-2/h2-3,6-7,10-12,17,26H,4-5,8-9,13-14,25H2,1H3;2-6H,1H3;1-2H3. The molecular formula is C33H40N4O2. The number of hydrogen-bond donors (Lipinski definition) is 2. The first kappa shape index (κ1) is 28.1. The largest absolute Gasteiger partial charge is 0.399 e. The lowest BCUT2D eigenvalue weighted by Gasteiger charge is -2.27.